The van der Waals surface area contributed by atoms with Crippen molar-refractivity contribution in [2.45, 2.75) is 13.8 Å². The largest absolute Gasteiger partial charge is 0.496 e. The lowest BCUT2D eigenvalue weighted by atomic mass is 10.1. The van der Waals surface area contributed by atoms with Crippen LogP contribution in [-0.4, -0.2) is 29.7 Å². The summed E-state index contributed by atoms with van der Waals surface area (Å²) in [6.07, 6.45) is 1.23. The van der Waals surface area contributed by atoms with Crippen molar-refractivity contribution in [3.8, 4) is 17.1 Å². The van der Waals surface area contributed by atoms with Crippen molar-refractivity contribution >= 4 is 5.97 Å². The number of nitrogens with zero attached hydrogens (tertiary/aromatic N) is 1. The second-order valence-electron chi connectivity index (χ2n) is 4.38. The van der Waals surface area contributed by atoms with E-state index in [1.807, 2.05) is 13.0 Å². The van der Waals surface area contributed by atoms with E-state index < -0.39 is 11.5 Å². The van der Waals surface area contributed by atoms with Crippen molar-refractivity contribution in [1.29, 1.82) is 0 Å². The van der Waals surface area contributed by atoms with E-state index in [4.69, 9.17) is 9.47 Å². The molecular weight excluding hydrogens is 272 g/mol. The minimum atomic E-state index is -0.677. The van der Waals surface area contributed by atoms with Crippen LogP contribution in [0.1, 0.15) is 22.8 Å². The molecule has 0 amide bonds. The summed E-state index contributed by atoms with van der Waals surface area (Å²) in [4.78, 5) is 30.2. The van der Waals surface area contributed by atoms with Gasteiger partial charge in [0.15, 0.2) is 0 Å². The van der Waals surface area contributed by atoms with Crippen LogP contribution in [0, 0.1) is 6.92 Å². The van der Waals surface area contributed by atoms with Crippen LogP contribution in [0.25, 0.3) is 11.4 Å². The van der Waals surface area contributed by atoms with Crippen LogP contribution in [0.4, 0.5) is 0 Å². The number of hydrogen-bond donors (Lipinski definition) is 1. The van der Waals surface area contributed by atoms with E-state index in [0.29, 0.717) is 5.82 Å². The van der Waals surface area contributed by atoms with Crippen molar-refractivity contribution in [2.24, 2.45) is 0 Å². The van der Waals surface area contributed by atoms with Crippen molar-refractivity contribution in [3.05, 3.63) is 45.9 Å². The molecule has 6 heteroatoms. The van der Waals surface area contributed by atoms with Gasteiger partial charge in [0.05, 0.1) is 13.7 Å². The molecule has 0 unspecified atom stereocenters. The second kappa shape index (κ2) is 6.21. The molecule has 0 aliphatic carbocycles. The minimum Gasteiger partial charge on any atom is -0.496 e. The van der Waals surface area contributed by atoms with E-state index in [2.05, 4.69) is 9.97 Å². The van der Waals surface area contributed by atoms with Gasteiger partial charge in [0.25, 0.3) is 5.56 Å². The smallest absolute Gasteiger partial charge is 0.345 e. The molecule has 0 fully saturated rings. The summed E-state index contributed by atoms with van der Waals surface area (Å²) in [7, 11) is 1.59. The molecule has 0 aliphatic rings. The van der Waals surface area contributed by atoms with E-state index >= 15 is 0 Å². The lowest BCUT2D eigenvalue weighted by Crippen LogP contribution is -2.21. The van der Waals surface area contributed by atoms with Crippen LogP contribution in [-0.2, 0) is 4.74 Å². The number of hydrogen-bond acceptors (Lipinski definition) is 5. The maximum Gasteiger partial charge on any atom is 0.345 e. The van der Waals surface area contributed by atoms with Gasteiger partial charge in [-0.3, -0.25) is 4.79 Å². The Hall–Kier alpha value is -2.63. The predicted octanol–water partition coefficient (Wildman–Crippen LogP) is 1.93. The van der Waals surface area contributed by atoms with Crippen molar-refractivity contribution < 1.29 is 14.3 Å². The quantitative estimate of drug-likeness (QED) is 0.869. The molecule has 21 heavy (non-hydrogen) atoms. The van der Waals surface area contributed by atoms with E-state index in [9.17, 15) is 9.59 Å². The van der Waals surface area contributed by atoms with Crippen LogP contribution < -0.4 is 10.3 Å². The van der Waals surface area contributed by atoms with Gasteiger partial charge in [-0.25, -0.2) is 9.78 Å². The highest BCUT2D eigenvalue weighted by Gasteiger charge is 2.13. The van der Waals surface area contributed by atoms with E-state index in [0.717, 1.165) is 16.9 Å². The van der Waals surface area contributed by atoms with Crippen LogP contribution in [0.3, 0.4) is 0 Å². The number of aromatic amines is 1. The molecule has 6 nitrogen and oxygen atoms in total. The standard InChI is InChI=1S/C15H16N2O4/c1-4-21-15(19)11-8-16-13(17-14(11)18)10-5-6-12(20-3)9(2)7-10/h5-8H,4H2,1-3H3,(H,16,17,18). The number of methoxy groups -OCH3 is 1. The average Bonchev–Trinajstić information content (AvgIpc) is 2.47. The van der Waals surface area contributed by atoms with Gasteiger partial charge in [0, 0.05) is 11.8 Å². The summed E-state index contributed by atoms with van der Waals surface area (Å²) < 4.78 is 9.97. The predicted molar refractivity (Wildman–Crippen MR) is 77.5 cm³/mol. The number of ether oxygens (including phenoxy) is 2. The zero-order valence-electron chi connectivity index (χ0n) is 12.1. The Morgan fingerprint density at radius 2 is 2.14 bits per heavy atom. The van der Waals surface area contributed by atoms with Crippen LogP contribution in [0.5, 0.6) is 5.75 Å². The fourth-order valence-electron chi connectivity index (χ4n) is 1.92. The zero-order chi connectivity index (χ0) is 15.4. The lowest BCUT2D eigenvalue weighted by Gasteiger charge is -2.07. The lowest BCUT2D eigenvalue weighted by molar-refractivity contribution is 0.0524. The molecule has 0 bridgehead atoms. The highest BCUT2D eigenvalue weighted by atomic mass is 16.5. The maximum atomic E-state index is 11.9. The fraction of sp³-hybridized carbons (Fsp3) is 0.267. The summed E-state index contributed by atoms with van der Waals surface area (Å²) in [5.74, 6) is 0.465. The van der Waals surface area contributed by atoms with Crippen molar-refractivity contribution in [2.75, 3.05) is 13.7 Å². The molecule has 110 valence electrons. The Bertz CT molecular complexity index is 722. The monoisotopic (exact) mass is 288 g/mol. The van der Waals surface area contributed by atoms with Gasteiger partial charge in [-0.2, -0.15) is 0 Å². The number of carbonyl (C=O) groups is 1. The van der Waals surface area contributed by atoms with Gasteiger partial charge < -0.3 is 14.5 Å². The third-order valence-corrected chi connectivity index (χ3v) is 2.96. The number of H-pyrrole nitrogens is 1. The first-order valence-corrected chi connectivity index (χ1v) is 6.48. The van der Waals surface area contributed by atoms with Gasteiger partial charge in [-0.15, -0.1) is 0 Å². The number of esters is 1. The highest BCUT2D eigenvalue weighted by Crippen LogP contribution is 2.23. The first-order valence-electron chi connectivity index (χ1n) is 6.48. The molecule has 0 saturated carbocycles. The van der Waals surface area contributed by atoms with Crippen molar-refractivity contribution in [1.82, 2.24) is 9.97 Å². The minimum absolute atomic E-state index is 0.106. The summed E-state index contributed by atoms with van der Waals surface area (Å²) in [6.45, 7) is 3.78. The Morgan fingerprint density at radius 3 is 2.71 bits per heavy atom. The summed E-state index contributed by atoms with van der Waals surface area (Å²) in [6, 6.07) is 5.43. The van der Waals surface area contributed by atoms with Gasteiger partial charge in [-0.1, -0.05) is 0 Å². The van der Waals surface area contributed by atoms with E-state index in [-0.39, 0.29) is 12.2 Å². The number of aromatic nitrogens is 2. The number of benzene rings is 1. The first kappa shape index (κ1) is 14.8. The Labute approximate surface area is 121 Å². The fourth-order valence-corrected chi connectivity index (χ4v) is 1.92. The molecule has 0 saturated heterocycles. The highest BCUT2D eigenvalue weighted by molar-refractivity contribution is 5.88. The molecule has 0 radical (unpaired) electrons. The zero-order valence-corrected chi connectivity index (χ0v) is 12.1. The molecular formula is C15H16N2O4. The molecule has 1 heterocycles. The molecule has 0 aliphatic heterocycles. The summed E-state index contributed by atoms with van der Waals surface area (Å²) in [5, 5.41) is 0. The second-order valence-corrected chi connectivity index (χ2v) is 4.38. The molecule has 0 spiro atoms. The van der Waals surface area contributed by atoms with E-state index in [1.54, 1.807) is 26.2 Å². The van der Waals surface area contributed by atoms with Gasteiger partial charge in [-0.05, 0) is 37.6 Å². The molecule has 1 aromatic carbocycles. The normalized spacial score (nSPS) is 10.2. The van der Waals surface area contributed by atoms with Gasteiger partial charge >= 0.3 is 5.97 Å². The number of carbonyl (C=O) groups excluding carboxylic acids is 1. The number of aryl methyl sites for hydroxylation is 1. The summed E-state index contributed by atoms with van der Waals surface area (Å²) >= 11 is 0. The summed E-state index contributed by atoms with van der Waals surface area (Å²) in [5.41, 5.74) is 1.03. The van der Waals surface area contributed by atoms with E-state index in [1.165, 1.54) is 6.20 Å². The molecule has 1 aromatic heterocycles. The van der Waals surface area contributed by atoms with Gasteiger partial charge in [0.2, 0.25) is 0 Å². The van der Waals surface area contributed by atoms with Crippen molar-refractivity contribution in [3.63, 3.8) is 0 Å². The third kappa shape index (κ3) is 3.10. The van der Waals surface area contributed by atoms with Crippen LogP contribution in [0.2, 0.25) is 0 Å². The maximum absolute atomic E-state index is 11.9. The SMILES string of the molecule is CCOC(=O)c1cnc(-c2ccc(OC)c(C)c2)[nH]c1=O. The van der Waals surface area contributed by atoms with Crippen LogP contribution in [0.15, 0.2) is 29.2 Å². The number of nitrogens with one attached hydrogen (secondary N) is 1. The average molecular weight is 288 g/mol. The molecule has 2 rings (SSSR count). The first-order chi connectivity index (χ1) is 10.1. The van der Waals surface area contributed by atoms with Crippen LogP contribution >= 0.6 is 0 Å². The molecule has 0 atom stereocenters. The third-order valence-electron chi connectivity index (χ3n) is 2.96. The van der Waals surface area contributed by atoms with Gasteiger partial charge in [0.1, 0.15) is 17.1 Å². The Balaban J connectivity index is 2.38. The molecule has 1 N–H and O–H groups in total. The number of rotatable bonds is 4. The Morgan fingerprint density at radius 1 is 1.38 bits per heavy atom. The molecule has 2 aromatic rings. The Kier molecular flexibility index (Phi) is 4.37. The topological polar surface area (TPSA) is 81.3 Å².